The first-order valence-electron chi connectivity index (χ1n) is 5.56. The number of halogens is 1. The molecule has 1 aromatic rings. The number of rotatable bonds is 8. The van der Waals surface area contributed by atoms with Crippen LogP contribution in [-0.4, -0.2) is 49.4 Å². The van der Waals surface area contributed by atoms with Crippen LogP contribution in [0.3, 0.4) is 0 Å². The Labute approximate surface area is 130 Å². The minimum absolute atomic E-state index is 0.129. The second-order valence-electron chi connectivity index (χ2n) is 3.54. The second kappa shape index (κ2) is 10.4. The van der Waals surface area contributed by atoms with Gasteiger partial charge in [0.2, 0.25) is 0 Å². The Balaban J connectivity index is 2.04. The van der Waals surface area contributed by atoms with Crippen LogP contribution in [0.1, 0.15) is 12.5 Å². The van der Waals surface area contributed by atoms with Crippen molar-refractivity contribution in [3.63, 3.8) is 0 Å². The van der Waals surface area contributed by atoms with Crippen molar-refractivity contribution >= 4 is 42.2 Å². The van der Waals surface area contributed by atoms with Crippen molar-refractivity contribution < 1.29 is 19.8 Å². The van der Waals surface area contributed by atoms with E-state index in [-0.39, 0.29) is 18.8 Å². The third-order valence-electron chi connectivity index (χ3n) is 1.93. The molecule has 0 fully saturated rings. The second-order valence-corrected chi connectivity index (χ2v) is 5.95. The van der Waals surface area contributed by atoms with Crippen LogP contribution in [0, 0.1) is 0 Å². The van der Waals surface area contributed by atoms with E-state index in [2.05, 4.69) is 4.74 Å². The molecule has 1 aromatic carbocycles. The summed E-state index contributed by atoms with van der Waals surface area (Å²) in [5.74, 6) is 0. The molecule has 106 valence electrons. The van der Waals surface area contributed by atoms with Gasteiger partial charge in [0.1, 0.15) is 0 Å². The maximum atomic E-state index is 10.9. The van der Waals surface area contributed by atoms with E-state index in [1.807, 2.05) is 30.3 Å². The van der Waals surface area contributed by atoms with Gasteiger partial charge in [-0.05, 0) is 0 Å². The van der Waals surface area contributed by atoms with Gasteiger partial charge in [0.05, 0.1) is 0 Å². The Hall–Kier alpha value is -0.404. The molecule has 1 unspecified atom stereocenters. The molecule has 0 aliphatic carbocycles. The van der Waals surface area contributed by atoms with E-state index in [0.29, 0.717) is 6.61 Å². The predicted molar refractivity (Wildman–Crippen MR) is 70.7 cm³/mol. The van der Waals surface area contributed by atoms with Gasteiger partial charge >= 0.3 is 130 Å². The SMILES string of the molecule is CC(COC(=O)OCCl)[O][Po][O]Cc1ccccc1. The van der Waals surface area contributed by atoms with Gasteiger partial charge in [-0.2, -0.15) is 0 Å². The summed E-state index contributed by atoms with van der Waals surface area (Å²) in [6.45, 7) is 2.48. The van der Waals surface area contributed by atoms with Crippen LogP contribution >= 0.6 is 11.6 Å². The zero-order valence-electron chi connectivity index (χ0n) is 10.4. The summed E-state index contributed by atoms with van der Waals surface area (Å²) in [5, 5.41) is 0. The molecule has 0 saturated carbocycles. The summed E-state index contributed by atoms with van der Waals surface area (Å²) >= 11 is 3.87. The fourth-order valence-electron chi connectivity index (χ4n) is 1.06. The third-order valence-corrected chi connectivity index (χ3v) is 4.45. The molecule has 19 heavy (non-hydrogen) atoms. The molecular weight excluding hydrogens is 469 g/mol. The molecule has 1 rings (SSSR count). The van der Waals surface area contributed by atoms with Crippen molar-refractivity contribution in [2.45, 2.75) is 19.6 Å². The van der Waals surface area contributed by atoms with Gasteiger partial charge in [-0.15, -0.1) is 0 Å². The van der Waals surface area contributed by atoms with Crippen LogP contribution in [-0.2, 0) is 21.6 Å². The molecule has 0 aromatic heterocycles. The maximum absolute atomic E-state index is 10.9. The Morgan fingerprint density at radius 3 is 2.74 bits per heavy atom. The molecule has 0 N–H and O–H groups in total. The molecule has 0 aliphatic heterocycles. The average molecular weight is 484 g/mol. The first-order chi connectivity index (χ1) is 9.22. The molecule has 0 heterocycles. The number of ether oxygens (including phenoxy) is 2. The van der Waals surface area contributed by atoms with Crippen molar-refractivity contribution in [2.75, 3.05) is 12.7 Å². The third kappa shape index (κ3) is 8.38. The summed E-state index contributed by atoms with van der Waals surface area (Å²) in [6.07, 6.45) is -0.996. The summed E-state index contributed by atoms with van der Waals surface area (Å²) in [4.78, 5) is 10.9. The van der Waals surface area contributed by atoms with E-state index >= 15 is 0 Å². The van der Waals surface area contributed by atoms with Gasteiger partial charge in [-0.1, -0.05) is 0 Å². The zero-order valence-corrected chi connectivity index (χ0v) is 14.3. The number of hydrogen-bond donors (Lipinski definition) is 0. The van der Waals surface area contributed by atoms with Crippen LogP contribution in [0.4, 0.5) is 4.79 Å². The van der Waals surface area contributed by atoms with Crippen molar-refractivity contribution in [3.8, 4) is 0 Å². The number of benzene rings is 1. The fraction of sp³-hybridized carbons (Fsp3) is 0.417. The summed E-state index contributed by atoms with van der Waals surface area (Å²) in [7, 11) is 0. The zero-order chi connectivity index (χ0) is 13.9. The average Bonchev–Trinajstić information content (AvgIpc) is 2.43. The van der Waals surface area contributed by atoms with Crippen molar-refractivity contribution in [1.29, 1.82) is 0 Å². The topological polar surface area (TPSA) is 54.0 Å². The monoisotopic (exact) mass is 483 g/mol. The Morgan fingerprint density at radius 1 is 1.32 bits per heavy atom. The number of carbonyl (C=O) groups is 1. The first kappa shape index (κ1) is 16.6. The van der Waals surface area contributed by atoms with Crippen LogP contribution in [0.5, 0.6) is 0 Å². The van der Waals surface area contributed by atoms with E-state index in [1.165, 1.54) is 0 Å². The number of alkyl halides is 1. The summed E-state index contributed by atoms with van der Waals surface area (Å²) in [6, 6.07) is 9.65. The van der Waals surface area contributed by atoms with Crippen molar-refractivity contribution in [3.05, 3.63) is 35.9 Å². The van der Waals surface area contributed by atoms with E-state index in [4.69, 9.17) is 21.9 Å². The summed E-state index contributed by atoms with van der Waals surface area (Å²) in [5.41, 5.74) is 1.11. The van der Waals surface area contributed by atoms with Crippen LogP contribution in [0.25, 0.3) is 0 Å². The normalized spacial score (nSPS) is 11.9. The number of carbonyl (C=O) groups excluding carboxylic acids is 1. The van der Waals surface area contributed by atoms with Gasteiger partial charge in [0.15, 0.2) is 0 Å². The molecule has 0 spiro atoms. The molecule has 1 atom stereocenters. The van der Waals surface area contributed by atoms with E-state index in [9.17, 15) is 4.79 Å². The predicted octanol–water partition coefficient (Wildman–Crippen LogP) is 2.49. The first-order valence-corrected chi connectivity index (χ1v) is 8.69. The Kier molecular flexibility index (Phi) is 9.11. The van der Waals surface area contributed by atoms with Crippen molar-refractivity contribution in [1.82, 2.24) is 0 Å². The van der Waals surface area contributed by atoms with Gasteiger partial charge in [0, 0.05) is 0 Å². The summed E-state index contributed by atoms with van der Waals surface area (Å²) < 4.78 is 20.1. The molecule has 7 heteroatoms. The minimum atomic E-state index is -1.34. The molecule has 0 amide bonds. The van der Waals surface area contributed by atoms with E-state index in [1.54, 1.807) is 6.92 Å². The molecule has 0 saturated heterocycles. The standard InChI is InChI=1S/C7H7O.C5H8ClO4.Po/c8-6-7-4-2-1-3-5-7;1-4(7)2-9-5(8)10-3-6;/h1-5H,6H2;4H,2-3H2,1H3;/q2*-1;+2. The van der Waals surface area contributed by atoms with Gasteiger partial charge < -0.3 is 0 Å². The Bertz CT molecular complexity index is 362. The van der Waals surface area contributed by atoms with E-state index in [0.717, 1.165) is 5.56 Å². The van der Waals surface area contributed by atoms with Gasteiger partial charge in [0.25, 0.3) is 0 Å². The van der Waals surface area contributed by atoms with E-state index < -0.39 is 30.6 Å². The molecular formula is C12H15ClO5Po. The molecule has 0 radical (unpaired) electrons. The van der Waals surface area contributed by atoms with Crippen LogP contribution in [0.2, 0.25) is 0 Å². The Morgan fingerprint density at radius 2 is 2.05 bits per heavy atom. The molecule has 0 aliphatic rings. The van der Waals surface area contributed by atoms with Crippen LogP contribution < -0.4 is 0 Å². The quantitative estimate of drug-likeness (QED) is 0.323. The van der Waals surface area contributed by atoms with Gasteiger partial charge in [-0.3, -0.25) is 0 Å². The molecule has 5 nitrogen and oxygen atoms in total. The van der Waals surface area contributed by atoms with Gasteiger partial charge in [-0.25, -0.2) is 0 Å². The fourth-order valence-corrected chi connectivity index (χ4v) is 2.82. The molecule has 0 bridgehead atoms. The number of hydrogen-bond acceptors (Lipinski definition) is 5. The van der Waals surface area contributed by atoms with Crippen LogP contribution in [0.15, 0.2) is 30.3 Å². The van der Waals surface area contributed by atoms with Crippen molar-refractivity contribution in [2.24, 2.45) is 0 Å².